The van der Waals surface area contributed by atoms with Gasteiger partial charge in [0.05, 0.1) is 0 Å². The molecule has 0 aliphatic heterocycles. The van der Waals surface area contributed by atoms with Crippen molar-refractivity contribution in [2.45, 2.75) is 53.9 Å². The summed E-state index contributed by atoms with van der Waals surface area (Å²) in [4.78, 5) is 2.29. The third kappa shape index (κ3) is 7.84. The van der Waals surface area contributed by atoms with Gasteiger partial charge in [0, 0.05) is 0 Å². The summed E-state index contributed by atoms with van der Waals surface area (Å²) in [5.74, 6) is 1.69. The molecule has 0 heterocycles. The second kappa shape index (κ2) is 6.52. The van der Waals surface area contributed by atoms with E-state index in [1.807, 2.05) is 0 Å². The molecule has 0 amide bonds. The van der Waals surface area contributed by atoms with Gasteiger partial charge in [-0.2, -0.15) is 0 Å². The minimum atomic E-state index is 0.507. The van der Waals surface area contributed by atoms with Crippen molar-refractivity contribution in [2.24, 2.45) is 17.3 Å². The van der Waals surface area contributed by atoms with Crippen molar-refractivity contribution in [2.75, 3.05) is 20.6 Å². The Morgan fingerprint density at radius 3 is 1.93 bits per heavy atom. The van der Waals surface area contributed by atoms with Crippen molar-refractivity contribution in [3.05, 3.63) is 0 Å². The van der Waals surface area contributed by atoms with Crippen LogP contribution in [-0.2, 0) is 0 Å². The zero-order valence-corrected chi connectivity index (χ0v) is 11.9. The molecular formula is C14H31N. The lowest BCUT2D eigenvalue weighted by atomic mass is 9.80. The lowest BCUT2D eigenvalue weighted by Gasteiger charge is -2.28. The topological polar surface area (TPSA) is 3.24 Å². The van der Waals surface area contributed by atoms with E-state index in [1.54, 1.807) is 0 Å². The molecule has 0 saturated carbocycles. The van der Waals surface area contributed by atoms with Gasteiger partial charge in [0.15, 0.2) is 0 Å². The molecule has 0 aliphatic rings. The Labute approximate surface area is 97.2 Å². The standard InChI is InChI=1S/C14H31N/c1-12(2)13(3)8-9-14(4,5)10-11-15(6)7/h12-13H,8-11H2,1-7H3. The SMILES string of the molecule is CC(C)C(C)CCC(C)(C)CCN(C)C. The van der Waals surface area contributed by atoms with Gasteiger partial charge in [0.2, 0.25) is 0 Å². The first-order chi connectivity index (χ1) is 6.74. The average Bonchev–Trinajstić information content (AvgIpc) is 2.11. The highest BCUT2D eigenvalue weighted by Gasteiger charge is 2.19. The van der Waals surface area contributed by atoms with E-state index in [2.05, 4.69) is 53.6 Å². The van der Waals surface area contributed by atoms with Crippen LogP contribution in [0.5, 0.6) is 0 Å². The number of hydrogen-bond donors (Lipinski definition) is 0. The zero-order chi connectivity index (χ0) is 12.1. The van der Waals surface area contributed by atoms with Gasteiger partial charge in [0.25, 0.3) is 0 Å². The fraction of sp³-hybridized carbons (Fsp3) is 1.00. The van der Waals surface area contributed by atoms with E-state index in [4.69, 9.17) is 0 Å². The highest BCUT2D eigenvalue weighted by Crippen LogP contribution is 2.30. The number of nitrogens with zero attached hydrogens (tertiary/aromatic N) is 1. The van der Waals surface area contributed by atoms with Gasteiger partial charge >= 0.3 is 0 Å². The molecule has 0 N–H and O–H groups in total. The van der Waals surface area contributed by atoms with Crippen LogP contribution in [0.3, 0.4) is 0 Å². The maximum absolute atomic E-state index is 2.41. The van der Waals surface area contributed by atoms with E-state index in [0.717, 1.165) is 11.8 Å². The van der Waals surface area contributed by atoms with Crippen LogP contribution in [0.4, 0.5) is 0 Å². The fourth-order valence-corrected chi connectivity index (χ4v) is 1.60. The van der Waals surface area contributed by atoms with Crippen molar-refractivity contribution in [1.82, 2.24) is 4.90 Å². The fourth-order valence-electron chi connectivity index (χ4n) is 1.60. The molecular weight excluding hydrogens is 182 g/mol. The van der Waals surface area contributed by atoms with Crippen molar-refractivity contribution in [3.8, 4) is 0 Å². The molecule has 0 aromatic heterocycles. The van der Waals surface area contributed by atoms with Gasteiger partial charge in [-0.1, -0.05) is 34.6 Å². The predicted octanol–water partition coefficient (Wildman–Crippen LogP) is 4.04. The Morgan fingerprint density at radius 2 is 1.53 bits per heavy atom. The Hall–Kier alpha value is -0.0400. The maximum Gasteiger partial charge on any atom is -0.00197 e. The second-order valence-corrected chi connectivity index (χ2v) is 6.48. The van der Waals surface area contributed by atoms with Crippen LogP contribution in [0.2, 0.25) is 0 Å². The largest absolute Gasteiger partial charge is 0.309 e. The van der Waals surface area contributed by atoms with Crippen LogP contribution in [0.1, 0.15) is 53.9 Å². The minimum Gasteiger partial charge on any atom is -0.309 e. The van der Waals surface area contributed by atoms with Gasteiger partial charge in [-0.3, -0.25) is 0 Å². The third-order valence-electron chi connectivity index (χ3n) is 3.65. The summed E-state index contributed by atoms with van der Waals surface area (Å²) in [6.07, 6.45) is 4.04. The maximum atomic E-state index is 2.41. The van der Waals surface area contributed by atoms with Crippen molar-refractivity contribution < 1.29 is 0 Å². The van der Waals surface area contributed by atoms with Crippen LogP contribution in [0.25, 0.3) is 0 Å². The van der Waals surface area contributed by atoms with E-state index in [1.165, 1.54) is 25.8 Å². The van der Waals surface area contributed by atoms with E-state index in [0.29, 0.717) is 5.41 Å². The summed E-state index contributed by atoms with van der Waals surface area (Å²) < 4.78 is 0. The Kier molecular flexibility index (Phi) is 6.51. The summed E-state index contributed by atoms with van der Waals surface area (Å²) in [7, 11) is 4.32. The molecule has 0 radical (unpaired) electrons. The van der Waals surface area contributed by atoms with Crippen molar-refractivity contribution >= 4 is 0 Å². The van der Waals surface area contributed by atoms with E-state index in [-0.39, 0.29) is 0 Å². The molecule has 0 spiro atoms. The first-order valence-corrected chi connectivity index (χ1v) is 6.39. The second-order valence-electron chi connectivity index (χ2n) is 6.48. The third-order valence-corrected chi connectivity index (χ3v) is 3.65. The highest BCUT2D eigenvalue weighted by atomic mass is 15.0. The molecule has 0 aromatic carbocycles. The van der Waals surface area contributed by atoms with Crippen LogP contribution in [-0.4, -0.2) is 25.5 Å². The Balaban J connectivity index is 3.82. The summed E-state index contributed by atoms with van der Waals surface area (Å²) in [6.45, 7) is 13.1. The monoisotopic (exact) mass is 213 g/mol. The van der Waals surface area contributed by atoms with Gasteiger partial charge < -0.3 is 4.90 Å². The van der Waals surface area contributed by atoms with Gasteiger partial charge in [-0.25, -0.2) is 0 Å². The molecule has 1 nitrogen and oxygen atoms in total. The molecule has 0 fully saturated rings. The molecule has 1 heteroatoms. The van der Waals surface area contributed by atoms with Crippen LogP contribution in [0.15, 0.2) is 0 Å². The molecule has 92 valence electrons. The number of hydrogen-bond acceptors (Lipinski definition) is 1. The van der Waals surface area contributed by atoms with E-state index in [9.17, 15) is 0 Å². The molecule has 1 unspecified atom stereocenters. The zero-order valence-electron chi connectivity index (χ0n) is 11.9. The lowest BCUT2D eigenvalue weighted by Crippen LogP contribution is -2.22. The normalized spacial score (nSPS) is 15.0. The van der Waals surface area contributed by atoms with Crippen molar-refractivity contribution in [3.63, 3.8) is 0 Å². The first-order valence-electron chi connectivity index (χ1n) is 6.39. The molecule has 0 aliphatic carbocycles. The highest BCUT2D eigenvalue weighted by molar-refractivity contribution is 4.72. The molecule has 0 saturated heterocycles. The van der Waals surface area contributed by atoms with E-state index < -0.39 is 0 Å². The van der Waals surface area contributed by atoms with Gasteiger partial charge in [-0.05, 0) is 57.2 Å². The van der Waals surface area contributed by atoms with E-state index >= 15 is 0 Å². The number of rotatable bonds is 7. The summed E-state index contributed by atoms with van der Waals surface area (Å²) >= 11 is 0. The minimum absolute atomic E-state index is 0.507. The molecule has 15 heavy (non-hydrogen) atoms. The smallest absolute Gasteiger partial charge is 0.00197 e. The molecule has 0 bridgehead atoms. The summed E-state index contributed by atoms with van der Waals surface area (Å²) in [6, 6.07) is 0. The summed E-state index contributed by atoms with van der Waals surface area (Å²) in [5, 5.41) is 0. The quantitative estimate of drug-likeness (QED) is 0.617. The molecule has 0 aromatic rings. The Bertz CT molecular complexity index is 159. The Morgan fingerprint density at radius 1 is 1.00 bits per heavy atom. The van der Waals surface area contributed by atoms with Gasteiger partial charge in [0.1, 0.15) is 0 Å². The van der Waals surface area contributed by atoms with Crippen LogP contribution < -0.4 is 0 Å². The molecule has 1 atom stereocenters. The molecule has 0 rings (SSSR count). The van der Waals surface area contributed by atoms with Gasteiger partial charge in [-0.15, -0.1) is 0 Å². The summed E-state index contributed by atoms with van der Waals surface area (Å²) in [5.41, 5.74) is 0.507. The average molecular weight is 213 g/mol. The van der Waals surface area contributed by atoms with Crippen molar-refractivity contribution in [1.29, 1.82) is 0 Å². The predicted molar refractivity (Wildman–Crippen MR) is 70.2 cm³/mol. The van der Waals surface area contributed by atoms with Crippen LogP contribution >= 0.6 is 0 Å². The van der Waals surface area contributed by atoms with Crippen LogP contribution in [0, 0.1) is 17.3 Å². The first kappa shape index (κ1) is 15.0. The lowest BCUT2D eigenvalue weighted by molar-refractivity contribution is 0.228.